The molecule has 0 amide bonds. The zero-order chi connectivity index (χ0) is 16.9. The third-order valence-corrected chi connectivity index (χ3v) is 4.10. The molecule has 0 bridgehead atoms. The third-order valence-electron chi connectivity index (χ3n) is 3.27. The van der Waals surface area contributed by atoms with Crippen LogP contribution in [0.2, 0.25) is 10.0 Å². The fourth-order valence-corrected chi connectivity index (χ4v) is 2.67. The van der Waals surface area contributed by atoms with E-state index in [9.17, 15) is 0 Å². The van der Waals surface area contributed by atoms with Gasteiger partial charge in [-0.2, -0.15) is 5.10 Å². The second-order valence-electron chi connectivity index (χ2n) is 5.08. The fourth-order valence-electron chi connectivity index (χ4n) is 2.13. The molecule has 0 spiro atoms. The Hall–Kier alpha value is -2.08. The molecule has 4 nitrogen and oxygen atoms in total. The Bertz CT molecular complexity index is 846. The summed E-state index contributed by atoms with van der Waals surface area (Å²) in [6.45, 7) is 0.596. The highest BCUT2D eigenvalue weighted by atomic mass is 35.5. The minimum Gasteiger partial charge on any atom is -0.332 e. The highest BCUT2D eigenvalue weighted by Crippen LogP contribution is 2.17. The summed E-state index contributed by atoms with van der Waals surface area (Å²) in [6.07, 6.45) is 1.87. The van der Waals surface area contributed by atoms with E-state index in [4.69, 9.17) is 35.4 Å². The van der Waals surface area contributed by atoms with Crippen LogP contribution in [0.4, 0.5) is 11.5 Å². The summed E-state index contributed by atoms with van der Waals surface area (Å²) < 4.78 is 1.80. The second kappa shape index (κ2) is 7.66. The molecule has 7 heteroatoms. The molecule has 0 aliphatic rings. The van der Waals surface area contributed by atoms with Gasteiger partial charge in [-0.15, -0.1) is 0 Å². The molecule has 0 aliphatic carbocycles. The Morgan fingerprint density at radius 3 is 2.50 bits per heavy atom. The summed E-state index contributed by atoms with van der Waals surface area (Å²) in [5.74, 6) is 0.661. The van der Waals surface area contributed by atoms with Crippen molar-refractivity contribution in [2.75, 3.05) is 10.6 Å². The lowest BCUT2D eigenvalue weighted by Crippen LogP contribution is -2.19. The molecular formula is C17H14Cl2N4S. The van der Waals surface area contributed by atoms with Crippen molar-refractivity contribution in [1.29, 1.82) is 0 Å². The number of nitrogens with one attached hydrogen (secondary N) is 2. The van der Waals surface area contributed by atoms with Gasteiger partial charge in [0.2, 0.25) is 0 Å². The maximum atomic E-state index is 6.17. The van der Waals surface area contributed by atoms with Crippen molar-refractivity contribution >= 4 is 52.0 Å². The van der Waals surface area contributed by atoms with E-state index < -0.39 is 0 Å². The number of benzene rings is 2. The largest absolute Gasteiger partial charge is 0.332 e. The van der Waals surface area contributed by atoms with Crippen molar-refractivity contribution in [3.05, 3.63) is 76.4 Å². The van der Waals surface area contributed by atoms with Crippen molar-refractivity contribution in [3.63, 3.8) is 0 Å². The average Bonchev–Trinajstić information content (AvgIpc) is 2.99. The van der Waals surface area contributed by atoms with Gasteiger partial charge in [0.1, 0.15) is 0 Å². The van der Waals surface area contributed by atoms with E-state index in [2.05, 4.69) is 15.7 Å². The van der Waals surface area contributed by atoms with Crippen molar-refractivity contribution in [1.82, 2.24) is 9.78 Å². The van der Waals surface area contributed by atoms with Gasteiger partial charge in [0.25, 0.3) is 0 Å². The van der Waals surface area contributed by atoms with Gasteiger partial charge in [0.15, 0.2) is 10.9 Å². The molecule has 1 aromatic heterocycles. The third kappa shape index (κ3) is 4.47. The molecule has 3 aromatic rings. The topological polar surface area (TPSA) is 41.9 Å². The van der Waals surface area contributed by atoms with Crippen molar-refractivity contribution in [2.24, 2.45) is 0 Å². The highest BCUT2D eigenvalue weighted by Gasteiger charge is 2.05. The minimum absolute atomic E-state index is 0.459. The van der Waals surface area contributed by atoms with Crippen LogP contribution >= 0.6 is 35.4 Å². The number of aromatic nitrogens is 2. The summed E-state index contributed by atoms with van der Waals surface area (Å²) in [4.78, 5) is 0. The van der Waals surface area contributed by atoms with Gasteiger partial charge in [0.05, 0.1) is 6.54 Å². The van der Waals surface area contributed by atoms with E-state index in [1.54, 1.807) is 16.8 Å². The smallest absolute Gasteiger partial charge is 0.176 e. The van der Waals surface area contributed by atoms with Crippen molar-refractivity contribution in [3.8, 4) is 0 Å². The van der Waals surface area contributed by atoms with Crippen molar-refractivity contribution in [2.45, 2.75) is 6.54 Å². The molecule has 0 aliphatic heterocycles. The van der Waals surface area contributed by atoms with Gasteiger partial charge in [-0.05, 0) is 48.1 Å². The van der Waals surface area contributed by atoms with Crippen LogP contribution in [-0.4, -0.2) is 14.9 Å². The number of hydrogen-bond acceptors (Lipinski definition) is 2. The number of halogens is 2. The van der Waals surface area contributed by atoms with Gasteiger partial charge in [-0.3, -0.25) is 4.68 Å². The number of rotatable bonds is 4. The zero-order valence-corrected chi connectivity index (χ0v) is 14.9. The lowest BCUT2D eigenvalue weighted by Gasteiger charge is -2.08. The molecule has 24 heavy (non-hydrogen) atoms. The second-order valence-corrected chi connectivity index (χ2v) is 6.33. The molecule has 0 saturated carbocycles. The monoisotopic (exact) mass is 376 g/mol. The molecule has 2 N–H and O–H groups in total. The first-order chi connectivity index (χ1) is 11.6. The standard InChI is InChI=1S/C17H14Cl2N4S/c18-13-5-7-14(8-6-13)20-17(24)21-16-9-10-23(22-16)11-12-3-1-2-4-15(12)19/h1-10H,11H2,(H2,20,21,22,24). The molecule has 0 radical (unpaired) electrons. The molecule has 0 fully saturated rings. The SMILES string of the molecule is S=C(Nc1ccc(Cl)cc1)Nc1ccn(Cc2ccccc2Cl)n1. The molecule has 2 aromatic carbocycles. The Morgan fingerprint density at radius 1 is 1.00 bits per heavy atom. The molecule has 0 saturated heterocycles. The minimum atomic E-state index is 0.459. The summed E-state index contributed by atoms with van der Waals surface area (Å²) in [5, 5.41) is 12.4. The highest BCUT2D eigenvalue weighted by molar-refractivity contribution is 7.80. The van der Waals surface area contributed by atoms with Gasteiger partial charge in [-0.1, -0.05) is 41.4 Å². The van der Waals surface area contributed by atoms with E-state index >= 15 is 0 Å². The molecule has 0 atom stereocenters. The van der Waals surface area contributed by atoms with Gasteiger partial charge in [0, 0.05) is 28.0 Å². The van der Waals surface area contributed by atoms with Crippen LogP contribution in [0.5, 0.6) is 0 Å². The Morgan fingerprint density at radius 2 is 1.75 bits per heavy atom. The summed E-state index contributed by atoms with van der Waals surface area (Å²) >= 11 is 17.3. The maximum absolute atomic E-state index is 6.17. The van der Waals surface area contributed by atoms with Crippen LogP contribution in [0.3, 0.4) is 0 Å². The zero-order valence-electron chi connectivity index (χ0n) is 12.5. The number of thiocarbonyl (C=S) groups is 1. The molecule has 3 rings (SSSR count). The maximum Gasteiger partial charge on any atom is 0.176 e. The summed E-state index contributed by atoms with van der Waals surface area (Å²) in [5.41, 5.74) is 1.86. The molecular weight excluding hydrogens is 363 g/mol. The van der Waals surface area contributed by atoms with Crippen LogP contribution in [0.1, 0.15) is 5.56 Å². The Kier molecular flexibility index (Phi) is 5.35. The average molecular weight is 377 g/mol. The van der Waals surface area contributed by atoms with Gasteiger partial charge >= 0.3 is 0 Å². The number of nitrogens with zero attached hydrogens (tertiary/aromatic N) is 2. The van der Waals surface area contributed by atoms with Gasteiger partial charge < -0.3 is 10.6 Å². The van der Waals surface area contributed by atoms with E-state index in [1.165, 1.54) is 0 Å². The number of anilines is 2. The predicted molar refractivity (Wildman–Crippen MR) is 104 cm³/mol. The fraction of sp³-hybridized carbons (Fsp3) is 0.0588. The van der Waals surface area contributed by atoms with E-state index in [1.807, 2.05) is 48.7 Å². The summed E-state index contributed by atoms with van der Waals surface area (Å²) in [6, 6.07) is 16.9. The van der Waals surface area contributed by atoms with E-state index in [0.29, 0.717) is 22.5 Å². The van der Waals surface area contributed by atoms with Crippen molar-refractivity contribution < 1.29 is 0 Å². The van der Waals surface area contributed by atoms with Crippen LogP contribution in [0, 0.1) is 0 Å². The van der Waals surface area contributed by atoms with Crippen LogP contribution in [-0.2, 0) is 6.54 Å². The predicted octanol–water partition coefficient (Wildman–Crippen LogP) is 5.05. The molecule has 122 valence electrons. The van der Waals surface area contributed by atoms with E-state index in [0.717, 1.165) is 16.3 Å². The normalized spacial score (nSPS) is 10.4. The van der Waals surface area contributed by atoms with Crippen LogP contribution in [0.25, 0.3) is 0 Å². The number of hydrogen-bond donors (Lipinski definition) is 2. The first-order valence-corrected chi connectivity index (χ1v) is 8.37. The van der Waals surface area contributed by atoms with Crippen LogP contribution in [0.15, 0.2) is 60.8 Å². The first-order valence-electron chi connectivity index (χ1n) is 7.20. The Labute approximate surface area is 155 Å². The van der Waals surface area contributed by atoms with Crippen LogP contribution < -0.4 is 10.6 Å². The van der Waals surface area contributed by atoms with Gasteiger partial charge in [-0.25, -0.2) is 0 Å². The molecule has 0 unspecified atom stereocenters. The quantitative estimate of drug-likeness (QED) is 0.625. The summed E-state index contributed by atoms with van der Waals surface area (Å²) in [7, 11) is 0. The lowest BCUT2D eigenvalue weighted by molar-refractivity contribution is 0.690. The molecule has 1 heterocycles. The Balaban J connectivity index is 1.60. The first kappa shape index (κ1) is 16.8. The lowest BCUT2D eigenvalue weighted by atomic mass is 10.2. The van der Waals surface area contributed by atoms with E-state index in [-0.39, 0.29) is 0 Å².